The molecule has 0 saturated carbocycles. The van der Waals surface area contributed by atoms with Gasteiger partial charge in [-0.25, -0.2) is 0 Å². The van der Waals surface area contributed by atoms with Crippen LogP contribution in [0.3, 0.4) is 0 Å². The van der Waals surface area contributed by atoms with Crippen molar-refractivity contribution in [3.05, 3.63) is 95.3 Å². The van der Waals surface area contributed by atoms with E-state index in [1.54, 1.807) is 56.4 Å². The number of carbonyl (C=O) groups excluding carboxylic acids is 2. The Morgan fingerprint density at radius 1 is 0.875 bits per heavy atom. The Morgan fingerprint density at radius 3 is 2.25 bits per heavy atom. The first-order valence-corrected chi connectivity index (χ1v) is 9.84. The molecular weight excluding hydrogens is 419 g/mol. The van der Waals surface area contributed by atoms with Crippen LogP contribution < -0.4 is 10.6 Å². The fraction of sp³-hybridized carbons (Fsp3) is 0.208. The predicted molar refractivity (Wildman–Crippen MR) is 115 cm³/mol. The van der Waals surface area contributed by atoms with Crippen molar-refractivity contribution >= 4 is 17.5 Å². The van der Waals surface area contributed by atoms with Gasteiger partial charge >= 0.3 is 6.18 Å². The van der Waals surface area contributed by atoms with Gasteiger partial charge in [0.15, 0.2) is 0 Å². The Bertz CT molecular complexity index is 1110. The van der Waals surface area contributed by atoms with Crippen molar-refractivity contribution in [2.24, 2.45) is 0 Å². The lowest BCUT2D eigenvalue weighted by Crippen LogP contribution is -2.36. The zero-order valence-electron chi connectivity index (χ0n) is 17.5. The number of aromatic nitrogens is 1. The van der Waals surface area contributed by atoms with Gasteiger partial charge in [-0.1, -0.05) is 38.1 Å². The van der Waals surface area contributed by atoms with E-state index in [1.807, 2.05) is 0 Å². The molecule has 1 heterocycles. The van der Waals surface area contributed by atoms with Crippen molar-refractivity contribution in [3.8, 4) is 0 Å². The minimum Gasteiger partial charge on any atom is -0.351 e. The third-order valence-electron chi connectivity index (χ3n) is 4.97. The molecular formula is C24H22F3N3O2. The highest BCUT2D eigenvalue weighted by molar-refractivity contribution is 6.04. The number of hydrogen-bond donors (Lipinski definition) is 2. The SMILES string of the molecule is CC(C)(CNC(=O)c1cccc(NC(=O)c2cccnc2)c1)c1cccc(C(F)(F)F)c1. The van der Waals surface area contributed by atoms with Crippen molar-refractivity contribution in [3.63, 3.8) is 0 Å². The van der Waals surface area contributed by atoms with Crippen LogP contribution in [-0.4, -0.2) is 23.3 Å². The molecule has 2 N–H and O–H groups in total. The summed E-state index contributed by atoms with van der Waals surface area (Å²) in [7, 11) is 0. The van der Waals surface area contributed by atoms with Crippen molar-refractivity contribution in [1.29, 1.82) is 0 Å². The summed E-state index contributed by atoms with van der Waals surface area (Å²) in [5.74, 6) is -0.760. The molecule has 0 saturated heterocycles. The van der Waals surface area contributed by atoms with Crippen molar-refractivity contribution in [2.45, 2.75) is 25.4 Å². The van der Waals surface area contributed by atoms with Crippen LogP contribution in [0.5, 0.6) is 0 Å². The Morgan fingerprint density at radius 2 is 1.56 bits per heavy atom. The maximum Gasteiger partial charge on any atom is 0.416 e. The quantitative estimate of drug-likeness (QED) is 0.562. The summed E-state index contributed by atoms with van der Waals surface area (Å²) >= 11 is 0. The standard InChI is InChI=1S/C24H22F3N3O2/c1-23(2,18-8-4-9-19(13-18)24(25,26)27)15-29-21(31)16-6-3-10-20(12-16)30-22(32)17-7-5-11-28-14-17/h3-14H,15H2,1-2H3,(H,29,31)(H,30,32). The Balaban J connectivity index is 1.67. The van der Waals surface area contributed by atoms with Gasteiger partial charge < -0.3 is 10.6 Å². The van der Waals surface area contributed by atoms with Crippen LogP contribution in [0, 0.1) is 0 Å². The van der Waals surface area contributed by atoms with E-state index in [9.17, 15) is 22.8 Å². The lowest BCUT2D eigenvalue weighted by molar-refractivity contribution is -0.137. The fourth-order valence-electron chi connectivity index (χ4n) is 3.06. The number of amides is 2. The number of pyridine rings is 1. The Kier molecular flexibility index (Phi) is 6.62. The lowest BCUT2D eigenvalue weighted by Gasteiger charge is -2.26. The number of carbonyl (C=O) groups is 2. The summed E-state index contributed by atoms with van der Waals surface area (Å²) in [6.45, 7) is 3.64. The Hall–Kier alpha value is -3.68. The molecule has 0 spiro atoms. The molecule has 3 rings (SSSR count). The number of nitrogens with zero attached hydrogens (tertiary/aromatic N) is 1. The second kappa shape index (κ2) is 9.21. The summed E-state index contributed by atoms with van der Waals surface area (Å²) in [6.07, 6.45) is -1.44. The van der Waals surface area contributed by atoms with Crippen LogP contribution in [0.15, 0.2) is 73.1 Å². The zero-order valence-corrected chi connectivity index (χ0v) is 17.5. The maximum atomic E-state index is 13.0. The minimum atomic E-state index is -4.43. The maximum absolute atomic E-state index is 13.0. The predicted octanol–water partition coefficient (Wildman–Crippen LogP) is 5.06. The first-order chi connectivity index (χ1) is 15.1. The number of rotatable bonds is 6. The van der Waals surface area contributed by atoms with Crippen LogP contribution in [0.25, 0.3) is 0 Å². The fourth-order valence-corrected chi connectivity index (χ4v) is 3.06. The highest BCUT2D eigenvalue weighted by atomic mass is 19.4. The molecule has 0 aliphatic carbocycles. The molecule has 1 aromatic heterocycles. The van der Waals surface area contributed by atoms with E-state index in [0.717, 1.165) is 12.1 Å². The molecule has 0 fully saturated rings. The number of hydrogen-bond acceptors (Lipinski definition) is 3. The molecule has 0 atom stereocenters. The van der Waals surface area contributed by atoms with Gasteiger partial charge in [0.25, 0.3) is 11.8 Å². The van der Waals surface area contributed by atoms with E-state index in [2.05, 4.69) is 15.6 Å². The van der Waals surface area contributed by atoms with E-state index in [4.69, 9.17) is 0 Å². The van der Waals surface area contributed by atoms with Crippen molar-refractivity contribution in [2.75, 3.05) is 11.9 Å². The van der Waals surface area contributed by atoms with E-state index in [0.29, 0.717) is 22.4 Å². The summed E-state index contributed by atoms with van der Waals surface area (Å²) < 4.78 is 39.1. The van der Waals surface area contributed by atoms with Crippen molar-refractivity contribution < 1.29 is 22.8 Å². The lowest BCUT2D eigenvalue weighted by atomic mass is 9.83. The summed E-state index contributed by atoms with van der Waals surface area (Å²) in [5, 5.41) is 5.47. The monoisotopic (exact) mass is 441 g/mol. The second-order valence-electron chi connectivity index (χ2n) is 7.92. The molecule has 8 heteroatoms. The molecule has 2 aromatic carbocycles. The van der Waals surface area contributed by atoms with Crippen molar-refractivity contribution in [1.82, 2.24) is 10.3 Å². The molecule has 3 aromatic rings. The van der Waals surface area contributed by atoms with Crippen LogP contribution >= 0.6 is 0 Å². The summed E-state index contributed by atoms with van der Waals surface area (Å²) in [6, 6.07) is 14.7. The second-order valence-corrected chi connectivity index (χ2v) is 7.92. The Labute approximate surface area is 183 Å². The average Bonchev–Trinajstić information content (AvgIpc) is 2.78. The molecule has 5 nitrogen and oxygen atoms in total. The first-order valence-electron chi connectivity index (χ1n) is 9.84. The van der Waals surface area contributed by atoms with E-state index >= 15 is 0 Å². The molecule has 0 unspecified atom stereocenters. The zero-order chi connectivity index (χ0) is 23.4. The first kappa shape index (κ1) is 23.0. The largest absolute Gasteiger partial charge is 0.416 e. The molecule has 166 valence electrons. The van der Waals surface area contributed by atoms with Crippen LogP contribution in [0.2, 0.25) is 0 Å². The third kappa shape index (κ3) is 5.72. The van der Waals surface area contributed by atoms with Gasteiger partial charge in [0.1, 0.15) is 0 Å². The number of anilines is 1. The highest BCUT2D eigenvalue weighted by Gasteiger charge is 2.32. The topological polar surface area (TPSA) is 71.1 Å². The van der Waals surface area contributed by atoms with E-state index in [1.165, 1.54) is 18.3 Å². The van der Waals surface area contributed by atoms with Crippen LogP contribution in [0.4, 0.5) is 18.9 Å². The molecule has 2 amide bonds. The average molecular weight is 441 g/mol. The summed E-state index contributed by atoms with van der Waals surface area (Å²) in [5.41, 5.74) is 0.127. The molecule has 32 heavy (non-hydrogen) atoms. The van der Waals surface area contributed by atoms with Crippen LogP contribution in [-0.2, 0) is 11.6 Å². The van der Waals surface area contributed by atoms with Gasteiger partial charge in [0.05, 0.1) is 11.1 Å². The molecule has 0 aliphatic heterocycles. The number of nitrogens with one attached hydrogen (secondary N) is 2. The highest BCUT2D eigenvalue weighted by Crippen LogP contribution is 2.32. The summed E-state index contributed by atoms with van der Waals surface area (Å²) in [4.78, 5) is 28.8. The van der Waals surface area contributed by atoms with E-state index in [-0.39, 0.29) is 12.5 Å². The normalized spacial score (nSPS) is 11.7. The molecule has 0 aliphatic rings. The molecule has 0 bridgehead atoms. The van der Waals surface area contributed by atoms with Gasteiger partial charge in [-0.2, -0.15) is 13.2 Å². The van der Waals surface area contributed by atoms with Gasteiger partial charge in [-0.15, -0.1) is 0 Å². The van der Waals surface area contributed by atoms with Crippen LogP contribution in [0.1, 0.15) is 45.7 Å². The van der Waals surface area contributed by atoms with Gasteiger partial charge in [0.2, 0.25) is 0 Å². The number of benzene rings is 2. The third-order valence-corrected chi connectivity index (χ3v) is 4.97. The van der Waals surface area contributed by atoms with Gasteiger partial charge in [-0.05, 0) is 42.0 Å². The van der Waals surface area contributed by atoms with Gasteiger partial charge in [-0.3, -0.25) is 14.6 Å². The number of halogens is 3. The number of alkyl halides is 3. The van der Waals surface area contributed by atoms with Gasteiger partial charge in [0, 0.05) is 35.6 Å². The van der Waals surface area contributed by atoms with E-state index < -0.39 is 23.1 Å². The molecule has 0 radical (unpaired) electrons. The smallest absolute Gasteiger partial charge is 0.351 e. The minimum absolute atomic E-state index is 0.124.